The zero-order valence-corrected chi connectivity index (χ0v) is 10.4. The number of nitrogens with one attached hydrogen (secondary N) is 1. The fourth-order valence-electron chi connectivity index (χ4n) is 1.70. The summed E-state index contributed by atoms with van der Waals surface area (Å²) in [4.78, 5) is 19.3. The van der Waals surface area contributed by atoms with Gasteiger partial charge in [-0.1, -0.05) is 0 Å². The van der Waals surface area contributed by atoms with Crippen molar-refractivity contribution in [1.82, 2.24) is 14.5 Å². The summed E-state index contributed by atoms with van der Waals surface area (Å²) in [6.45, 7) is 1.52. The number of nitrogen functional groups attached to an aromatic ring is 1. The van der Waals surface area contributed by atoms with E-state index in [2.05, 4.69) is 15.3 Å². The lowest BCUT2D eigenvalue weighted by atomic mass is 10.2. The van der Waals surface area contributed by atoms with Gasteiger partial charge in [0.25, 0.3) is 5.91 Å². The Labute approximate surface area is 110 Å². The second kappa shape index (κ2) is 5.85. The SMILES string of the molecule is NC(=O)c1cc(N)cnc1NCCCn1ccnc1. The van der Waals surface area contributed by atoms with Crippen LogP contribution in [0.2, 0.25) is 0 Å². The molecule has 0 atom stereocenters. The van der Waals surface area contributed by atoms with Crippen molar-refractivity contribution < 1.29 is 4.79 Å². The first kappa shape index (κ1) is 12.9. The van der Waals surface area contributed by atoms with Gasteiger partial charge in [0.1, 0.15) is 5.82 Å². The first-order valence-corrected chi connectivity index (χ1v) is 5.92. The number of imidazole rings is 1. The van der Waals surface area contributed by atoms with E-state index in [1.165, 1.54) is 12.3 Å². The minimum Gasteiger partial charge on any atom is -0.397 e. The third-order valence-electron chi connectivity index (χ3n) is 2.62. The summed E-state index contributed by atoms with van der Waals surface area (Å²) >= 11 is 0. The molecule has 7 heteroatoms. The van der Waals surface area contributed by atoms with Crippen LogP contribution in [0.1, 0.15) is 16.8 Å². The van der Waals surface area contributed by atoms with Crippen molar-refractivity contribution in [1.29, 1.82) is 0 Å². The second-order valence-corrected chi connectivity index (χ2v) is 4.11. The van der Waals surface area contributed by atoms with Crippen LogP contribution < -0.4 is 16.8 Å². The fraction of sp³-hybridized carbons (Fsp3) is 0.250. The Hall–Kier alpha value is -2.57. The first-order valence-electron chi connectivity index (χ1n) is 5.92. The first-order chi connectivity index (χ1) is 9.16. The quantitative estimate of drug-likeness (QED) is 0.653. The Morgan fingerprint density at radius 2 is 2.32 bits per heavy atom. The Bertz CT molecular complexity index is 551. The molecule has 0 radical (unpaired) electrons. The van der Waals surface area contributed by atoms with E-state index in [0.717, 1.165) is 13.0 Å². The highest BCUT2D eigenvalue weighted by Gasteiger charge is 2.09. The molecule has 0 unspecified atom stereocenters. The highest BCUT2D eigenvalue weighted by atomic mass is 16.1. The molecule has 0 saturated carbocycles. The minimum absolute atomic E-state index is 0.308. The number of hydrogen-bond acceptors (Lipinski definition) is 5. The molecule has 2 rings (SSSR count). The van der Waals surface area contributed by atoms with Gasteiger partial charge in [0.15, 0.2) is 0 Å². The van der Waals surface area contributed by atoms with E-state index in [1.54, 1.807) is 12.5 Å². The molecule has 0 spiro atoms. The van der Waals surface area contributed by atoms with Gasteiger partial charge in [-0.2, -0.15) is 0 Å². The molecule has 1 amide bonds. The van der Waals surface area contributed by atoms with Crippen LogP contribution in [0.3, 0.4) is 0 Å². The molecule has 2 aromatic rings. The maximum atomic E-state index is 11.3. The van der Waals surface area contributed by atoms with Crippen LogP contribution in [0.15, 0.2) is 31.0 Å². The predicted molar refractivity (Wildman–Crippen MR) is 72.5 cm³/mol. The fourth-order valence-corrected chi connectivity index (χ4v) is 1.70. The average molecular weight is 260 g/mol. The van der Waals surface area contributed by atoms with Gasteiger partial charge in [0, 0.05) is 25.5 Å². The van der Waals surface area contributed by atoms with Gasteiger partial charge in [-0.05, 0) is 12.5 Å². The van der Waals surface area contributed by atoms with E-state index in [9.17, 15) is 4.79 Å². The van der Waals surface area contributed by atoms with E-state index in [0.29, 0.717) is 23.6 Å². The molecule has 5 N–H and O–H groups in total. The molecule has 2 heterocycles. The summed E-state index contributed by atoms with van der Waals surface area (Å²) in [6.07, 6.45) is 7.76. The molecule has 0 aromatic carbocycles. The summed E-state index contributed by atoms with van der Waals surface area (Å²) in [5.74, 6) is -0.0794. The van der Waals surface area contributed by atoms with E-state index < -0.39 is 5.91 Å². The minimum atomic E-state index is -0.545. The van der Waals surface area contributed by atoms with Crippen LogP contribution in [0, 0.1) is 0 Å². The Balaban J connectivity index is 1.90. The Morgan fingerprint density at radius 3 is 3.00 bits per heavy atom. The van der Waals surface area contributed by atoms with Crippen LogP contribution in [-0.2, 0) is 6.54 Å². The van der Waals surface area contributed by atoms with Gasteiger partial charge < -0.3 is 21.4 Å². The number of pyridine rings is 1. The zero-order valence-electron chi connectivity index (χ0n) is 10.4. The molecule has 0 saturated heterocycles. The van der Waals surface area contributed by atoms with Gasteiger partial charge >= 0.3 is 0 Å². The third-order valence-corrected chi connectivity index (χ3v) is 2.62. The van der Waals surface area contributed by atoms with Gasteiger partial charge in [-0.3, -0.25) is 4.79 Å². The standard InChI is InChI=1S/C12H16N6O/c13-9-6-10(11(14)19)12(17-7-9)16-2-1-4-18-5-3-15-8-18/h3,5-8H,1-2,4,13H2,(H2,14,19)(H,16,17). The van der Waals surface area contributed by atoms with E-state index in [1.807, 2.05) is 10.8 Å². The van der Waals surface area contributed by atoms with Crippen molar-refractivity contribution in [3.05, 3.63) is 36.5 Å². The van der Waals surface area contributed by atoms with Gasteiger partial charge in [0.2, 0.25) is 0 Å². The van der Waals surface area contributed by atoms with Crippen molar-refractivity contribution in [2.75, 3.05) is 17.6 Å². The molecule has 100 valence electrons. The summed E-state index contributed by atoms with van der Waals surface area (Å²) in [7, 11) is 0. The number of aromatic nitrogens is 3. The Kier molecular flexibility index (Phi) is 3.97. The van der Waals surface area contributed by atoms with E-state index >= 15 is 0 Å². The zero-order chi connectivity index (χ0) is 13.7. The van der Waals surface area contributed by atoms with Gasteiger partial charge in [-0.15, -0.1) is 0 Å². The Morgan fingerprint density at radius 1 is 1.47 bits per heavy atom. The molecule has 0 aliphatic rings. The number of rotatable bonds is 6. The molecule has 19 heavy (non-hydrogen) atoms. The molecule has 0 bridgehead atoms. The number of amides is 1. The van der Waals surface area contributed by atoms with E-state index in [-0.39, 0.29) is 0 Å². The number of carbonyl (C=O) groups excluding carboxylic acids is 1. The number of nitrogens with zero attached hydrogens (tertiary/aromatic N) is 3. The number of hydrogen-bond donors (Lipinski definition) is 3. The van der Waals surface area contributed by atoms with E-state index in [4.69, 9.17) is 11.5 Å². The predicted octanol–water partition coefficient (Wildman–Crippen LogP) is 0.461. The number of primary amides is 1. The molecule has 2 aromatic heterocycles. The van der Waals surface area contributed by atoms with Crippen LogP contribution in [0.5, 0.6) is 0 Å². The third kappa shape index (κ3) is 3.44. The maximum absolute atomic E-state index is 11.3. The van der Waals surface area contributed by atoms with Crippen molar-refractivity contribution >= 4 is 17.4 Å². The monoisotopic (exact) mass is 260 g/mol. The highest BCUT2D eigenvalue weighted by molar-refractivity contribution is 5.98. The van der Waals surface area contributed by atoms with Crippen LogP contribution >= 0.6 is 0 Å². The average Bonchev–Trinajstić information content (AvgIpc) is 2.89. The molecular weight excluding hydrogens is 244 g/mol. The summed E-state index contributed by atoms with van der Waals surface area (Å²) in [5, 5.41) is 3.08. The number of nitrogens with two attached hydrogens (primary N) is 2. The maximum Gasteiger partial charge on any atom is 0.252 e. The number of aryl methyl sites for hydroxylation is 1. The lowest BCUT2D eigenvalue weighted by molar-refractivity contribution is 0.100. The van der Waals surface area contributed by atoms with Crippen molar-refractivity contribution in [2.45, 2.75) is 13.0 Å². The summed E-state index contributed by atoms with van der Waals surface area (Å²) < 4.78 is 1.98. The van der Waals surface area contributed by atoms with Crippen molar-refractivity contribution in [3.8, 4) is 0 Å². The normalized spacial score (nSPS) is 10.3. The molecule has 0 fully saturated rings. The summed E-state index contributed by atoms with van der Waals surface area (Å²) in [6, 6.07) is 1.52. The lowest BCUT2D eigenvalue weighted by Crippen LogP contribution is -2.17. The molecular formula is C12H16N6O. The largest absolute Gasteiger partial charge is 0.397 e. The molecule has 0 aliphatic carbocycles. The van der Waals surface area contributed by atoms with Gasteiger partial charge in [-0.25, -0.2) is 9.97 Å². The van der Waals surface area contributed by atoms with Gasteiger partial charge in [0.05, 0.1) is 23.8 Å². The van der Waals surface area contributed by atoms with Crippen molar-refractivity contribution in [2.24, 2.45) is 5.73 Å². The molecule has 7 nitrogen and oxygen atoms in total. The lowest BCUT2D eigenvalue weighted by Gasteiger charge is -2.09. The number of anilines is 2. The highest BCUT2D eigenvalue weighted by Crippen LogP contribution is 2.14. The van der Waals surface area contributed by atoms with Crippen LogP contribution in [0.25, 0.3) is 0 Å². The molecule has 0 aliphatic heterocycles. The number of carbonyl (C=O) groups is 1. The van der Waals surface area contributed by atoms with Crippen LogP contribution in [0.4, 0.5) is 11.5 Å². The summed E-state index contributed by atoms with van der Waals surface area (Å²) in [5.41, 5.74) is 11.6. The topological polar surface area (TPSA) is 112 Å². The second-order valence-electron chi connectivity index (χ2n) is 4.11. The van der Waals surface area contributed by atoms with Crippen molar-refractivity contribution in [3.63, 3.8) is 0 Å². The van der Waals surface area contributed by atoms with Crippen LogP contribution in [-0.4, -0.2) is 27.0 Å². The smallest absolute Gasteiger partial charge is 0.252 e.